The van der Waals surface area contributed by atoms with Gasteiger partial charge in [0.1, 0.15) is 48.3 Å². The summed E-state index contributed by atoms with van der Waals surface area (Å²) in [6, 6.07) is -18.6. The molecule has 0 radical (unpaired) electrons. The number of aliphatic hydroxyl groups is 2. The van der Waals surface area contributed by atoms with Crippen molar-refractivity contribution in [2.24, 2.45) is 28.9 Å². The second-order valence-electron chi connectivity index (χ2n) is 20.0. The Kier molecular flexibility index (Phi) is 31.5. The number of likely N-dealkylation sites (tertiary alicyclic amines) is 1. The lowest BCUT2D eigenvalue weighted by atomic mass is 9.97. The minimum Gasteiger partial charge on any atom is -0.480 e. The molecule has 0 aromatic carbocycles. The molecule has 488 valence electrons. The van der Waals surface area contributed by atoms with Crippen LogP contribution in [-0.2, 0) is 85.3 Å². The Morgan fingerprint density at radius 2 is 0.942 bits per heavy atom. The Morgan fingerprint density at radius 3 is 1.35 bits per heavy atom. The standard InChI is InChI=1S/C45H78N14O25P2/c1-6-18(2)32(55-36(66)22(46)16-31(50)65)41(71)58-35(21(5)84-86(80,81)82)43(73)53-25(11-14-30(49)64)44(74)59-15-7-8-27(59)40(70)57-34(20(4)83-85(77,78)79)42(72)52-24(10-13-29(48)63)37(67)51-23(9-12-28(47)62)38(68)54-26(17-60)39(69)56-33(19(3)61)45(75)76/h18-27,32-35,60-61H,6-17,46H2,1-5H3,(H2,47,62)(H2,48,63)(H2,49,64)(H2,50,65)(H,51,67)(H,52,72)(H,53,73)(H,54,68)(H,55,66)(H,56,69)(H,57,70)(H,58,71)(H,75,76)(H2,77,78,79)(H2,80,81,82)/p+1/t18-,19+,20+,21+,22-,23-,24-,25-,26-,27-,32-,33-,34-,35-/m0/s1. The van der Waals surface area contributed by atoms with Gasteiger partial charge >= 0.3 is 21.6 Å². The first-order chi connectivity index (χ1) is 39.6. The zero-order valence-electron chi connectivity index (χ0n) is 47.4. The summed E-state index contributed by atoms with van der Waals surface area (Å²) in [5, 5.41) is 46.2. The molecule has 0 spiro atoms. The predicted molar refractivity (Wildman–Crippen MR) is 287 cm³/mol. The highest BCUT2D eigenvalue weighted by molar-refractivity contribution is 7.46. The number of rotatable bonds is 39. The van der Waals surface area contributed by atoms with E-state index in [4.69, 9.17) is 32.0 Å². The number of hydrogen-bond acceptors (Lipinski definition) is 20. The first-order valence-corrected chi connectivity index (χ1v) is 29.4. The number of hydrogen-bond donors (Lipinski definition) is 20. The smallest absolute Gasteiger partial charge is 0.469 e. The number of amides is 13. The average molecular weight is 1280 g/mol. The molecule has 1 saturated heterocycles. The molecule has 0 saturated carbocycles. The Balaban J connectivity index is 3.77. The summed E-state index contributed by atoms with van der Waals surface area (Å²) >= 11 is 0. The third-order valence-corrected chi connectivity index (χ3v) is 14.2. The lowest BCUT2D eigenvalue weighted by molar-refractivity contribution is -0.402. The lowest BCUT2D eigenvalue weighted by Crippen LogP contribution is -2.70. The van der Waals surface area contributed by atoms with E-state index in [2.05, 4.69) is 37.6 Å². The van der Waals surface area contributed by atoms with Crippen LogP contribution in [0.25, 0.3) is 0 Å². The molecule has 1 aliphatic heterocycles. The van der Waals surface area contributed by atoms with Crippen molar-refractivity contribution < 1.29 is 126 Å². The highest BCUT2D eigenvalue weighted by atomic mass is 31.2. The van der Waals surface area contributed by atoms with Gasteiger partial charge in [0.2, 0.25) is 70.9 Å². The third kappa shape index (κ3) is 26.9. The fraction of sp³-hybridized carbons (Fsp3) is 0.689. The number of nitrogens with zero attached hydrogens (tertiary/aromatic N) is 1. The fourth-order valence-corrected chi connectivity index (χ4v) is 9.32. The van der Waals surface area contributed by atoms with E-state index in [1.165, 1.54) is 6.92 Å². The zero-order valence-corrected chi connectivity index (χ0v) is 49.2. The summed E-state index contributed by atoms with van der Waals surface area (Å²) in [4.78, 5) is 223. The van der Waals surface area contributed by atoms with Crippen molar-refractivity contribution in [1.82, 2.24) is 47.4 Å². The summed E-state index contributed by atoms with van der Waals surface area (Å²) in [6.07, 6.45) is -10.4. The summed E-state index contributed by atoms with van der Waals surface area (Å²) in [5.41, 5.74) is 24.6. The van der Waals surface area contributed by atoms with Crippen molar-refractivity contribution >= 4 is 98.4 Å². The molecule has 0 aromatic heterocycles. The number of aliphatic hydroxyl groups excluding tert-OH is 2. The van der Waals surface area contributed by atoms with E-state index in [0.717, 1.165) is 25.7 Å². The van der Waals surface area contributed by atoms with E-state index in [-0.39, 0.29) is 25.8 Å². The molecular weight excluding hydrogens is 1200 g/mol. The average Bonchev–Trinajstić information content (AvgIpc) is 3.01. The molecule has 0 unspecified atom stereocenters. The monoisotopic (exact) mass is 1280 g/mol. The predicted octanol–water partition coefficient (Wildman–Crippen LogP) is -10.4. The molecule has 1 aliphatic rings. The third-order valence-electron chi connectivity index (χ3n) is 12.9. The minimum absolute atomic E-state index is 0.0118. The Morgan fingerprint density at radius 1 is 0.558 bits per heavy atom. The molecule has 0 aromatic rings. The highest BCUT2D eigenvalue weighted by Crippen LogP contribution is 2.39. The van der Waals surface area contributed by atoms with Crippen LogP contribution in [0.3, 0.4) is 0 Å². The second-order valence-corrected chi connectivity index (χ2v) is 22.4. The maximum absolute atomic E-state index is 14.5. The normalized spacial score (nSPS) is 17.9. The van der Waals surface area contributed by atoms with Crippen molar-refractivity contribution in [2.45, 2.75) is 178 Å². The molecule has 0 bridgehead atoms. The number of aliphatic carboxylic acids is 1. The van der Waals surface area contributed by atoms with Gasteiger partial charge in [0, 0.05) is 25.8 Å². The summed E-state index contributed by atoms with van der Waals surface area (Å²) < 4.78 is 33.5. The van der Waals surface area contributed by atoms with E-state index in [9.17, 15) is 111 Å². The van der Waals surface area contributed by atoms with Crippen molar-refractivity contribution in [1.29, 1.82) is 0 Å². The number of carbonyl (C=O) groups is 14. The number of phosphoric acid groups is 2. The van der Waals surface area contributed by atoms with Gasteiger partial charge in [-0.1, -0.05) is 20.3 Å². The van der Waals surface area contributed by atoms with Gasteiger partial charge in [0.05, 0.1) is 31.3 Å². The number of carboxylic acid groups (broad SMARTS) is 1. The minimum atomic E-state index is -5.58. The molecule has 0 aliphatic carbocycles. The van der Waals surface area contributed by atoms with E-state index in [1.807, 2.05) is 10.6 Å². The lowest BCUT2D eigenvalue weighted by Gasteiger charge is -2.33. The molecule has 39 nitrogen and oxygen atoms in total. The van der Waals surface area contributed by atoms with Gasteiger partial charge in [0.15, 0.2) is 12.1 Å². The number of quaternary nitrogens is 1. The van der Waals surface area contributed by atoms with Crippen LogP contribution in [0.15, 0.2) is 0 Å². The van der Waals surface area contributed by atoms with Gasteiger partial charge in [-0.05, 0) is 58.8 Å². The first kappa shape index (κ1) is 76.7. The molecule has 1 fully saturated rings. The van der Waals surface area contributed by atoms with Gasteiger partial charge in [-0.2, -0.15) is 0 Å². The molecule has 13 amide bonds. The summed E-state index contributed by atoms with van der Waals surface area (Å²) in [7, 11) is -11.1. The number of primary amides is 4. The number of nitrogens with one attached hydrogen (secondary N) is 8. The largest absolute Gasteiger partial charge is 0.480 e. The van der Waals surface area contributed by atoms with Crippen molar-refractivity contribution in [3.05, 3.63) is 0 Å². The van der Waals surface area contributed by atoms with Gasteiger partial charge < -0.3 is 111 Å². The summed E-state index contributed by atoms with van der Waals surface area (Å²) in [6.45, 7) is 4.37. The quantitative estimate of drug-likeness (QED) is 0.0254. The van der Waals surface area contributed by atoms with Crippen molar-refractivity contribution in [3.63, 3.8) is 0 Å². The Hall–Kier alpha value is -7.32. The number of carbonyl (C=O) groups excluding carboxylic acids is 13. The van der Waals surface area contributed by atoms with Gasteiger partial charge in [-0.25, -0.2) is 13.9 Å². The van der Waals surface area contributed by atoms with Crippen LogP contribution in [-0.4, -0.2) is 214 Å². The SMILES string of the molecule is CC[C@H](C)[C@H](NC(=O)[C@@H]([NH3+])CC(N)=O)C(=O)N[C@H](C(=O)N[C@@H](CCC(N)=O)C(=O)N1CCC[C@H]1C(=O)N[C@H](C(=O)N[C@@H](CCC(N)=O)C(=O)N[C@@H](CCC(N)=O)C(=O)N[C@@H](CO)C(=O)N[C@H](C(=O)O)[C@@H](C)O)[C@@H](C)OP(=O)(O)O)[C@@H](C)OP(=O)(O)O. The fourth-order valence-electron chi connectivity index (χ4n) is 8.21. The molecular formula is C45H79N14O25P2+. The van der Waals surface area contributed by atoms with E-state index in [1.54, 1.807) is 6.92 Å². The first-order valence-electron chi connectivity index (χ1n) is 26.3. The molecule has 1 heterocycles. The van der Waals surface area contributed by atoms with Crippen LogP contribution in [0, 0.1) is 5.92 Å². The number of phosphoric ester groups is 2. The Bertz CT molecular complexity index is 2590. The molecule has 14 atom stereocenters. The number of carboxylic acids is 1. The van der Waals surface area contributed by atoms with Crippen LogP contribution in [0.5, 0.6) is 0 Å². The van der Waals surface area contributed by atoms with E-state index in [0.29, 0.717) is 0 Å². The van der Waals surface area contributed by atoms with Gasteiger partial charge in [-0.3, -0.25) is 71.4 Å². The van der Waals surface area contributed by atoms with Crippen molar-refractivity contribution in [2.75, 3.05) is 13.2 Å². The maximum Gasteiger partial charge on any atom is 0.469 e. The van der Waals surface area contributed by atoms with Crippen LogP contribution < -0.4 is 71.2 Å². The van der Waals surface area contributed by atoms with Crippen LogP contribution in [0.1, 0.15) is 98.8 Å². The van der Waals surface area contributed by atoms with E-state index < -0.39 is 235 Å². The van der Waals surface area contributed by atoms with Crippen LogP contribution in [0.4, 0.5) is 0 Å². The van der Waals surface area contributed by atoms with Gasteiger partial charge in [0.25, 0.3) is 5.91 Å². The number of nitrogens with two attached hydrogens (primary N) is 4. The molecule has 26 N–H and O–H groups in total. The molecule has 41 heteroatoms. The molecule has 86 heavy (non-hydrogen) atoms. The highest BCUT2D eigenvalue weighted by Gasteiger charge is 2.44. The van der Waals surface area contributed by atoms with Crippen LogP contribution >= 0.6 is 15.6 Å². The van der Waals surface area contributed by atoms with Crippen LogP contribution in [0.2, 0.25) is 0 Å². The topological polar surface area (TPSA) is 664 Å². The Labute approximate surface area is 490 Å². The second kappa shape index (κ2) is 35.3. The van der Waals surface area contributed by atoms with Crippen molar-refractivity contribution in [3.8, 4) is 0 Å². The zero-order chi connectivity index (χ0) is 66.3. The summed E-state index contributed by atoms with van der Waals surface area (Å²) in [5.74, 6) is -18.0. The van der Waals surface area contributed by atoms with Gasteiger partial charge in [-0.15, -0.1) is 0 Å². The maximum atomic E-state index is 14.5. The molecule has 1 rings (SSSR count). The van der Waals surface area contributed by atoms with E-state index >= 15 is 0 Å².